The van der Waals surface area contributed by atoms with Crippen molar-refractivity contribution in [2.75, 3.05) is 0 Å². The molecule has 0 atom stereocenters. The van der Waals surface area contributed by atoms with Crippen LogP contribution in [0.25, 0.3) is 0 Å². The van der Waals surface area contributed by atoms with Crippen molar-refractivity contribution < 1.29 is 0 Å². The van der Waals surface area contributed by atoms with E-state index in [4.69, 9.17) is 4.98 Å². The molecule has 0 saturated heterocycles. The molecule has 0 saturated carbocycles. The lowest BCUT2D eigenvalue weighted by molar-refractivity contribution is 0.395. The zero-order valence-electron chi connectivity index (χ0n) is 11.0. The van der Waals surface area contributed by atoms with Gasteiger partial charge in [0.15, 0.2) is 0 Å². The van der Waals surface area contributed by atoms with E-state index in [9.17, 15) is 0 Å². The third-order valence-electron chi connectivity index (χ3n) is 2.75. The molecule has 0 radical (unpaired) electrons. The monoisotopic (exact) mass is 208 g/mol. The summed E-state index contributed by atoms with van der Waals surface area (Å²) in [6, 6.07) is 0. The molecule has 0 amide bonds. The molecule has 0 aliphatic carbocycles. The number of hydrogen-bond donors (Lipinski definition) is 0. The lowest BCUT2D eigenvalue weighted by Gasteiger charge is -2.17. The molecule has 0 fully saturated rings. The highest BCUT2D eigenvalue weighted by Gasteiger charge is 2.18. The summed E-state index contributed by atoms with van der Waals surface area (Å²) in [4.78, 5) is 4.75. The molecule has 0 aliphatic rings. The summed E-state index contributed by atoms with van der Waals surface area (Å²) in [5.74, 6) is 1.23. The average Bonchev–Trinajstić information content (AvgIpc) is 2.40. The molecule has 86 valence electrons. The number of rotatable bonds is 3. The van der Waals surface area contributed by atoms with Gasteiger partial charge in [0.25, 0.3) is 0 Å². The number of aryl methyl sites for hydroxylation is 1. The maximum Gasteiger partial charge on any atom is 0.109 e. The minimum absolute atomic E-state index is 0.315. The standard InChI is InChI=1S/C13H24N2/c1-7-10-11(8-2)15(6)12(14-10)9-13(3,4)5/h7-9H2,1-6H3. The Morgan fingerprint density at radius 3 is 2.07 bits per heavy atom. The SMILES string of the molecule is CCc1nc(CC(C)(C)C)n(C)c1CC. The maximum atomic E-state index is 4.75. The summed E-state index contributed by atoms with van der Waals surface area (Å²) < 4.78 is 2.28. The predicted octanol–water partition coefficient (Wildman–Crippen LogP) is 3.13. The van der Waals surface area contributed by atoms with Gasteiger partial charge in [-0.3, -0.25) is 0 Å². The topological polar surface area (TPSA) is 17.8 Å². The predicted molar refractivity (Wildman–Crippen MR) is 65.1 cm³/mol. The Morgan fingerprint density at radius 2 is 1.73 bits per heavy atom. The van der Waals surface area contributed by atoms with Crippen molar-refractivity contribution in [2.45, 2.75) is 53.9 Å². The smallest absolute Gasteiger partial charge is 0.109 e. The lowest BCUT2D eigenvalue weighted by atomic mass is 9.92. The van der Waals surface area contributed by atoms with E-state index in [1.807, 2.05) is 0 Å². The Balaban J connectivity index is 3.05. The zero-order valence-corrected chi connectivity index (χ0v) is 11.0. The summed E-state index contributed by atoms with van der Waals surface area (Å²) in [6.45, 7) is 11.2. The Kier molecular flexibility index (Phi) is 3.58. The molecular weight excluding hydrogens is 184 g/mol. The molecule has 0 aliphatic heterocycles. The molecule has 0 spiro atoms. The molecule has 2 heteroatoms. The van der Waals surface area contributed by atoms with Crippen LogP contribution in [0.2, 0.25) is 0 Å². The van der Waals surface area contributed by atoms with Crippen molar-refractivity contribution >= 4 is 0 Å². The zero-order chi connectivity index (χ0) is 11.6. The van der Waals surface area contributed by atoms with E-state index in [-0.39, 0.29) is 0 Å². The molecule has 0 unspecified atom stereocenters. The van der Waals surface area contributed by atoms with Gasteiger partial charge in [-0.05, 0) is 18.3 Å². The first-order chi connectivity index (χ1) is 6.89. The molecular formula is C13H24N2. The Hall–Kier alpha value is -0.790. The van der Waals surface area contributed by atoms with Gasteiger partial charge in [-0.2, -0.15) is 0 Å². The van der Waals surface area contributed by atoms with Crippen molar-refractivity contribution in [3.63, 3.8) is 0 Å². The van der Waals surface area contributed by atoms with Gasteiger partial charge in [-0.1, -0.05) is 34.6 Å². The fourth-order valence-electron chi connectivity index (χ4n) is 2.00. The molecule has 0 N–H and O–H groups in total. The molecule has 0 bridgehead atoms. The van der Waals surface area contributed by atoms with Gasteiger partial charge in [-0.15, -0.1) is 0 Å². The third-order valence-corrected chi connectivity index (χ3v) is 2.75. The van der Waals surface area contributed by atoms with E-state index in [0.717, 1.165) is 19.3 Å². The van der Waals surface area contributed by atoms with Gasteiger partial charge in [-0.25, -0.2) is 4.98 Å². The lowest BCUT2D eigenvalue weighted by Crippen LogP contribution is -2.13. The van der Waals surface area contributed by atoms with E-state index < -0.39 is 0 Å². The van der Waals surface area contributed by atoms with Crippen molar-refractivity contribution in [1.29, 1.82) is 0 Å². The second-order valence-electron chi connectivity index (χ2n) is 5.42. The van der Waals surface area contributed by atoms with Gasteiger partial charge in [0.1, 0.15) is 5.82 Å². The summed E-state index contributed by atoms with van der Waals surface area (Å²) in [5, 5.41) is 0. The summed E-state index contributed by atoms with van der Waals surface area (Å²) >= 11 is 0. The second-order valence-corrected chi connectivity index (χ2v) is 5.42. The summed E-state index contributed by atoms with van der Waals surface area (Å²) in [7, 11) is 2.14. The van der Waals surface area contributed by atoms with Crippen LogP contribution in [0.3, 0.4) is 0 Å². The molecule has 1 heterocycles. The van der Waals surface area contributed by atoms with E-state index in [1.165, 1.54) is 17.2 Å². The molecule has 15 heavy (non-hydrogen) atoms. The average molecular weight is 208 g/mol. The highest BCUT2D eigenvalue weighted by Crippen LogP contribution is 2.22. The second kappa shape index (κ2) is 4.38. The van der Waals surface area contributed by atoms with Crippen molar-refractivity contribution in [3.05, 3.63) is 17.2 Å². The third kappa shape index (κ3) is 2.83. The fourth-order valence-corrected chi connectivity index (χ4v) is 2.00. The van der Waals surface area contributed by atoms with Crippen LogP contribution in [0.1, 0.15) is 51.8 Å². The highest BCUT2D eigenvalue weighted by atomic mass is 15.1. The fraction of sp³-hybridized carbons (Fsp3) is 0.769. The van der Waals surface area contributed by atoms with E-state index in [1.54, 1.807) is 0 Å². The van der Waals surface area contributed by atoms with Crippen molar-refractivity contribution in [3.8, 4) is 0 Å². The van der Waals surface area contributed by atoms with Gasteiger partial charge < -0.3 is 4.57 Å². The number of hydrogen-bond acceptors (Lipinski definition) is 1. The molecule has 1 aromatic rings. The molecule has 2 nitrogen and oxygen atoms in total. The Bertz CT molecular complexity index is 329. The van der Waals surface area contributed by atoms with Gasteiger partial charge in [0.05, 0.1) is 5.69 Å². The maximum absolute atomic E-state index is 4.75. The first-order valence-corrected chi connectivity index (χ1v) is 5.92. The Labute approximate surface area is 93.7 Å². The minimum Gasteiger partial charge on any atom is -0.335 e. The number of nitrogens with zero attached hydrogens (tertiary/aromatic N) is 2. The van der Waals surface area contributed by atoms with E-state index in [2.05, 4.69) is 46.2 Å². The van der Waals surface area contributed by atoms with Crippen LogP contribution in [0.15, 0.2) is 0 Å². The van der Waals surface area contributed by atoms with Gasteiger partial charge in [0, 0.05) is 19.2 Å². The van der Waals surface area contributed by atoms with Crippen LogP contribution in [0.4, 0.5) is 0 Å². The van der Waals surface area contributed by atoms with Crippen LogP contribution >= 0.6 is 0 Å². The van der Waals surface area contributed by atoms with Crippen LogP contribution < -0.4 is 0 Å². The quantitative estimate of drug-likeness (QED) is 0.746. The number of imidazole rings is 1. The van der Waals surface area contributed by atoms with Crippen LogP contribution in [0.5, 0.6) is 0 Å². The van der Waals surface area contributed by atoms with Crippen LogP contribution in [-0.4, -0.2) is 9.55 Å². The highest BCUT2D eigenvalue weighted by molar-refractivity contribution is 5.17. The summed E-state index contributed by atoms with van der Waals surface area (Å²) in [6.07, 6.45) is 3.18. The van der Waals surface area contributed by atoms with Gasteiger partial charge >= 0.3 is 0 Å². The van der Waals surface area contributed by atoms with Crippen molar-refractivity contribution in [2.24, 2.45) is 12.5 Å². The first kappa shape index (κ1) is 12.3. The molecule has 0 aromatic carbocycles. The van der Waals surface area contributed by atoms with Crippen LogP contribution in [-0.2, 0) is 26.3 Å². The van der Waals surface area contributed by atoms with Crippen molar-refractivity contribution in [1.82, 2.24) is 9.55 Å². The van der Waals surface area contributed by atoms with E-state index in [0.29, 0.717) is 5.41 Å². The number of aromatic nitrogens is 2. The normalized spacial score (nSPS) is 12.1. The summed E-state index contributed by atoms with van der Waals surface area (Å²) in [5.41, 5.74) is 2.99. The van der Waals surface area contributed by atoms with Crippen LogP contribution in [0, 0.1) is 5.41 Å². The molecule has 1 rings (SSSR count). The minimum atomic E-state index is 0.315. The Morgan fingerprint density at radius 1 is 1.13 bits per heavy atom. The molecule has 1 aromatic heterocycles. The van der Waals surface area contributed by atoms with E-state index >= 15 is 0 Å². The first-order valence-electron chi connectivity index (χ1n) is 5.92. The van der Waals surface area contributed by atoms with Gasteiger partial charge in [0.2, 0.25) is 0 Å². The largest absolute Gasteiger partial charge is 0.335 e.